The van der Waals surface area contributed by atoms with Gasteiger partial charge in [-0.3, -0.25) is 5.10 Å². The Kier molecular flexibility index (Phi) is 3.85. The standard InChI is InChI=1S/C22H20N4/c1-26(2)18-10-8-17(9-11-18)22(16-6-4-3-5-7-16)13-12-19-20(14-22)24-25-21(19)15-23/h3-13H,14H2,1-2H3,(H,24,25). The van der Waals surface area contributed by atoms with Crippen molar-refractivity contribution in [2.24, 2.45) is 0 Å². The highest BCUT2D eigenvalue weighted by atomic mass is 15.1. The van der Waals surface area contributed by atoms with Crippen LogP contribution < -0.4 is 4.90 Å². The van der Waals surface area contributed by atoms with Crippen LogP contribution in [0.2, 0.25) is 0 Å². The largest absolute Gasteiger partial charge is 0.378 e. The van der Waals surface area contributed by atoms with Crippen LogP contribution in [0, 0.1) is 11.3 Å². The Labute approximate surface area is 153 Å². The number of fused-ring (bicyclic) bond motifs is 1. The summed E-state index contributed by atoms with van der Waals surface area (Å²) in [5.41, 5.74) is 5.72. The first-order chi connectivity index (χ1) is 12.6. The zero-order chi connectivity index (χ0) is 18.1. The van der Waals surface area contributed by atoms with E-state index in [9.17, 15) is 5.26 Å². The number of nitrogens with one attached hydrogen (secondary N) is 1. The second-order valence-corrected chi connectivity index (χ2v) is 6.87. The molecule has 0 radical (unpaired) electrons. The molecule has 1 atom stereocenters. The Balaban J connectivity index is 1.87. The van der Waals surface area contributed by atoms with Crippen LogP contribution in [0.5, 0.6) is 0 Å². The van der Waals surface area contributed by atoms with Gasteiger partial charge in [-0.05, 0) is 23.3 Å². The summed E-state index contributed by atoms with van der Waals surface area (Å²) < 4.78 is 0. The molecule has 0 bridgehead atoms. The van der Waals surface area contributed by atoms with Crippen LogP contribution in [0.1, 0.15) is 28.1 Å². The van der Waals surface area contributed by atoms with Crippen molar-refractivity contribution in [3.05, 3.63) is 88.8 Å². The molecule has 2 aromatic carbocycles. The zero-order valence-corrected chi connectivity index (χ0v) is 14.9. The Morgan fingerprint density at radius 2 is 1.73 bits per heavy atom. The molecule has 4 heteroatoms. The van der Waals surface area contributed by atoms with Gasteiger partial charge in [-0.25, -0.2) is 0 Å². The van der Waals surface area contributed by atoms with Crippen LogP contribution in [0.4, 0.5) is 5.69 Å². The third kappa shape index (κ3) is 2.49. The van der Waals surface area contributed by atoms with Crippen molar-refractivity contribution in [3.63, 3.8) is 0 Å². The Bertz CT molecular complexity index is 991. The number of nitrogens with zero attached hydrogens (tertiary/aromatic N) is 3. The number of anilines is 1. The average Bonchev–Trinajstić information content (AvgIpc) is 3.10. The quantitative estimate of drug-likeness (QED) is 0.787. The molecule has 1 aliphatic carbocycles. The Morgan fingerprint density at radius 1 is 1.04 bits per heavy atom. The van der Waals surface area contributed by atoms with E-state index in [-0.39, 0.29) is 5.41 Å². The number of nitriles is 1. The van der Waals surface area contributed by atoms with Gasteiger partial charge >= 0.3 is 0 Å². The van der Waals surface area contributed by atoms with Gasteiger partial charge in [0, 0.05) is 42.9 Å². The molecule has 0 saturated carbocycles. The van der Waals surface area contributed by atoms with Gasteiger partial charge in [0.05, 0.1) is 0 Å². The molecule has 1 unspecified atom stereocenters. The molecule has 0 aliphatic heterocycles. The van der Waals surface area contributed by atoms with E-state index in [1.54, 1.807) is 0 Å². The highest BCUT2D eigenvalue weighted by Gasteiger charge is 2.36. The fourth-order valence-electron chi connectivity index (χ4n) is 3.71. The predicted octanol–water partition coefficient (Wildman–Crippen LogP) is 3.90. The van der Waals surface area contributed by atoms with Crippen molar-refractivity contribution in [2.75, 3.05) is 19.0 Å². The fourth-order valence-corrected chi connectivity index (χ4v) is 3.71. The van der Waals surface area contributed by atoms with Crippen molar-refractivity contribution in [3.8, 4) is 6.07 Å². The SMILES string of the molecule is CN(C)c1ccc(C2(c3ccccc3)C=Cc3c(C#N)n[nH]c3C2)cc1. The summed E-state index contributed by atoms with van der Waals surface area (Å²) in [6.07, 6.45) is 5.00. The fraction of sp³-hybridized carbons (Fsp3) is 0.182. The maximum absolute atomic E-state index is 9.26. The van der Waals surface area contributed by atoms with E-state index in [0.717, 1.165) is 17.7 Å². The minimum Gasteiger partial charge on any atom is -0.378 e. The molecule has 3 aromatic rings. The molecule has 1 aromatic heterocycles. The Morgan fingerprint density at radius 3 is 2.38 bits per heavy atom. The molecule has 4 nitrogen and oxygen atoms in total. The van der Waals surface area contributed by atoms with E-state index in [2.05, 4.69) is 75.8 Å². The summed E-state index contributed by atoms with van der Waals surface area (Å²) >= 11 is 0. The molecule has 0 amide bonds. The van der Waals surface area contributed by atoms with E-state index in [0.29, 0.717) is 5.69 Å². The summed E-state index contributed by atoms with van der Waals surface area (Å²) in [6, 6.07) is 21.4. The van der Waals surface area contributed by atoms with Crippen molar-refractivity contribution < 1.29 is 0 Å². The average molecular weight is 340 g/mol. The number of benzene rings is 2. The number of rotatable bonds is 3. The smallest absolute Gasteiger partial charge is 0.169 e. The van der Waals surface area contributed by atoms with Crippen LogP contribution in [0.25, 0.3) is 6.08 Å². The van der Waals surface area contributed by atoms with Gasteiger partial charge in [0.15, 0.2) is 5.69 Å². The van der Waals surface area contributed by atoms with Gasteiger partial charge < -0.3 is 4.90 Å². The first-order valence-corrected chi connectivity index (χ1v) is 8.64. The van der Waals surface area contributed by atoms with Crippen molar-refractivity contribution >= 4 is 11.8 Å². The highest BCUT2D eigenvalue weighted by molar-refractivity contribution is 5.66. The van der Waals surface area contributed by atoms with Gasteiger partial charge in [-0.1, -0.05) is 54.6 Å². The molecular formula is C22H20N4. The lowest BCUT2D eigenvalue weighted by Crippen LogP contribution is -2.30. The van der Waals surface area contributed by atoms with Gasteiger partial charge in [0.25, 0.3) is 0 Å². The number of allylic oxidation sites excluding steroid dienone is 1. The third-order valence-corrected chi connectivity index (χ3v) is 5.17. The number of hydrogen-bond acceptors (Lipinski definition) is 3. The molecule has 1 heterocycles. The van der Waals surface area contributed by atoms with Crippen LogP contribution in [-0.4, -0.2) is 24.3 Å². The summed E-state index contributed by atoms with van der Waals surface area (Å²) in [5, 5.41) is 16.5. The lowest BCUT2D eigenvalue weighted by molar-refractivity contribution is 0.620. The van der Waals surface area contributed by atoms with Crippen molar-refractivity contribution in [1.82, 2.24) is 10.2 Å². The molecular weight excluding hydrogens is 320 g/mol. The highest BCUT2D eigenvalue weighted by Crippen LogP contribution is 2.42. The molecule has 0 spiro atoms. The monoisotopic (exact) mass is 340 g/mol. The number of aromatic nitrogens is 2. The second-order valence-electron chi connectivity index (χ2n) is 6.87. The van der Waals surface area contributed by atoms with E-state index < -0.39 is 0 Å². The third-order valence-electron chi connectivity index (χ3n) is 5.17. The number of aromatic amines is 1. The van der Waals surface area contributed by atoms with Gasteiger partial charge in [0.1, 0.15) is 6.07 Å². The molecule has 1 N–H and O–H groups in total. The molecule has 0 fully saturated rings. The second kappa shape index (κ2) is 6.20. The maximum Gasteiger partial charge on any atom is 0.169 e. The number of hydrogen-bond donors (Lipinski definition) is 1. The topological polar surface area (TPSA) is 55.7 Å². The molecule has 4 rings (SSSR count). The summed E-state index contributed by atoms with van der Waals surface area (Å²) in [4.78, 5) is 2.10. The van der Waals surface area contributed by atoms with Crippen LogP contribution in [-0.2, 0) is 11.8 Å². The van der Waals surface area contributed by atoms with E-state index >= 15 is 0 Å². The lowest BCUT2D eigenvalue weighted by atomic mass is 9.68. The van der Waals surface area contributed by atoms with Gasteiger partial charge in [-0.15, -0.1) is 0 Å². The lowest BCUT2D eigenvalue weighted by Gasteiger charge is -2.34. The first-order valence-electron chi connectivity index (χ1n) is 8.64. The van der Waals surface area contributed by atoms with Crippen LogP contribution in [0.15, 0.2) is 60.7 Å². The minimum atomic E-state index is -0.279. The first kappa shape index (κ1) is 16.2. The molecule has 26 heavy (non-hydrogen) atoms. The summed E-state index contributed by atoms with van der Waals surface area (Å²) in [5.74, 6) is 0. The van der Waals surface area contributed by atoms with Gasteiger partial charge in [0.2, 0.25) is 0 Å². The summed E-state index contributed by atoms with van der Waals surface area (Å²) in [6.45, 7) is 0. The Hall–Kier alpha value is -3.32. The van der Waals surface area contributed by atoms with Crippen LogP contribution >= 0.6 is 0 Å². The zero-order valence-electron chi connectivity index (χ0n) is 14.9. The molecule has 128 valence electrons. The van der Waals surface area contributed by atoms with E-state index in [4.69, 9.17) is 0 Å². The van der Waals surface area contributed by atoms with Crippen LogP contribution in [0.3, 0.4) is 0 Å². The molecule has 0 saturated heterocycles. The number of H-pyrrole nitrogens is 1. The normalized spacial score (nSPS) is 18.2. The predicted molar refractivity (Wildman–Crippen MR) is 104 cm³/mol. The molecule has 1 aliphatic rings. The van der Waals surface area contributed by atoms with E-state index in [1.807, 2.05) is 26.2 Å². The van der Waals surface area contributed by atoms with E-state index in [1.165, 1.54) is 16.8 Å². The summed E-state index contributed by atoms with van der Waals surface area (Å²) in [7, 11) is 4.09. The minimum absolute atomic E-state index is 0.279. The van der Waals surface area contributed by atoms with Gasteiger partial charge in [-0.2, -0.15) is 10.4 Å². The maximum atomic E-state index is 9.26. The van der Waals surface area contributed by atoms with Crippen molar-refractivity contribution in [2.45, 2.75) is 11.8 Å². The van der Waals surface area contributed by atoms with Crippen molar-refractivity contribution in [1.29, 1.82) is 5.26 Å².